The molecule has 6 heteroatoms. The molecule has 0 aliphatic carbocycles. The van der Waals surface area contributed by atoms with Gasteiger partial charge in [-0.3, -0.25) is 14.9 Å². The largest absolute Gasteiger partial charge is 0.490 e. The Morgan fingerprint density at radius 3 is 2.78 bits per heavy atom. The second kappa shape index (κ2) is 6.00. The molecule has 0 saturated heterocycles. The van der Waals surface area contributed by atoms with Gasteiger partial charge in [0.1, 0.15) is 5.75 Å². The van der Waals surface area contributed by atoms with E-state index in [1.54, 1.807) is 19.9 Å². The minimum atomic E-state index is -0.888. The highest BCUT2D eigenvalue weighted by Gasteiger charge is 2.13. The van der Waals surface area contributed by atoms with Crippen LogP contribution in [0.25, 0.3) is 0 Å². The molecule has 0 fully saturated rings. The molecule has 0 bridgehead atoms. The van der Waals surface area contributed by atoms with Gasteiger partial charge in [0.15, 0.2) is 0 Å². The van der Waals surface area contributed by atoms with Gasteiger partial charge >= 0.3 is 5.97 Å². The van der Waals surface area contributed by atoms with Gasteiger partial charge in [0.05, 0.1) is 17.1 Å². The van der Waals surface area contributed by atoms with Crippen molar-refractivity contribution in [2.75, 3.05) is 0 Å². The smallest absolute Gasteiger partial charge is 0.303 e. The van der Waals surface area contributed by atoms with Crippen LogP contribution in [-0.4, -0.2) is 22.1 Å². The number of hydrogen-bond donors (Lipinski definition) is 1. The van der Waals surface area contributed by atoms with Gasteiger partial charge in [0.2, 0.25) is 0 Å². The molecule has 0 aliphatic rings. The van der Waals surface area contributed by atoms with Crippen LogP contribution < -0.4 is 4.74 Å². The maximum absolute atomic E-state index is 10.6. The summed E-state index contributed by atoms with van der Waals surface area (Å²) in [6, 6.07) is 4.37. The van der Waals surface area contributed by atoms with Crippen molar-refractivity contribution >= 4 is 11.7 Å². The predicted molar refractivity (Wildman–Crippen MR) is 64.8 cm³/mol. The number of nitro groups is 1. The molecule has 0 aromatic heterocycles. The minimum absolute atomic E-state index is 0.00907. The van der Waals surface area contributed by atoms with E-state index in [0.29, 0.717) is 12.2 Å². The second-order valence-electron chi connectivity index (χ2n) is 4.07. The Morgan fingerprint density at radius 2 is 2.22 bits per heavy atom. The van der Waals surface area contributed by atoms with E-state index in [4.69, 9.17) is 9.84 Å². The standard InChI is InChI=1S/C12H15NO5/c1-8-3-5-10(13(16)17)7-11(8)18-9(2)4-6-12(14)15/h3,5,7,9H,4,6H2,1-2H3,(H,14,15). The average molecular weight is 253 g/mol. The van der Waals surface area contributed by atoms with Crippen LogP contribution in [0, 0.1) is 17.0 Å². The van der Waals surface area contributed by atoms with Gasteiger partial charge in [0.25, 0.3) is 5.69 Å². The number of nitro benzene ring substituents is 1. The van der Waals surface area contributed by atoms with Crippen molar-refractivity contribution in [2.24, 2.45) is 0 Å². The van der Waals surface area contributed by atoms with Crippen LogP contribution in [0.5, 0.6) is 5.75 Å². The fourth-order valence-electron chi connectivity index (χ4n) is 1.43. The molecule has 1 unspecified atom stereocenters. The minimum Gasteiger partial charge on any atom is -0.490 e. The third-order valence-corrected chi connectivity index (χ3v) is 2.48. The Hall–Kier alpha value is -2.11. The summed E-state index contributed by atoms with van der Waals surface area (Å²) in [6.45, 7) is 3.52. The van der Waals surface area contributed by atoms with Crippen LogP contribution in [0.1, 0.15) is 25.3 Å². The van der Waals surface area contributed by atoms with E-state index < -0.39 is 10.9 Å². The second-order valence-corrected chi connectivity index (χ2v) is 4.07. The number of nitrogens with zero attached hydrogens (tertiary/aromatic N) is 1. The molecule has 0 spiro atoms. The van der Waals surface area contributed by atoms with Crippen LogP contribution in [0.15, 0.2) is 18.2 Å². The number of hydrogen-bond acceptors (Lipinski definition) is 4. The van der Waals surface area contributed by atoms with Crippen molar-refractivity contribution in [3.8, 4) is 5.75 Å². The van der Waals surface area contributed by atoms with Crippen LogP contribution in [0.4, 0.5) is 5.69 Å². The first kappa shape index (κ1) is 14.0. The van der Waals surface area contributed by atoms with E-state index in [9.17, 15) is 14.9 Å². The van der Waals surface area contributed by atoms with Crippen LogP contribution in [0.2, 0.25) is 0 Å². The lowest BCUT2D eigenvalue weighted by molar-refractivity contribution is -0.385. The summed E-state index contributed by atoms with van der Waals surface area (Å²) < 4.78 is 5.52. The first-order valence-corrected chi connectivity index (χ1v) is 5.53. The molecule has 98 valence electrons. The van der Waals surface area contributed by atoms with Crippen LogP contribution >= 0.6 is 0 Å². The fourth-order valence-corrected chi connectivity index (χ4v) is 1.43. The Kier molecular flexibility index (Phi) is 4.65. The topological polar surface area (TPSA) is 89.7 Å². The summed E-state index contributed by atoms with van der Waals surface area (Å²) in [5, 5.41) is 19.2. The lowest BCUT2D eigenvalue weighted by Gasteiger charge is -2.15. The molecule has 0 heterocycles. The molecule has 18 heavy (non-hydrogen) atoms. The zero-order valence-electron chi connectivity index (χ0n) is 10.3. The SMILES string of the molecule is Cc1ccc([N+](=O)[O-])cc1OC(C)CCC(=O)O. The van der Waals surface area contributed by atoms with Gasteiger partial charge < -0.3 is 9.84 Å². The molecular formula is C12H15NO5. The van der Waals surface area contributed by atoms with E-state index >= 15 is 0 Å². The number of carboxylic acid groups (broad SMARTS) is 1. The third kappa shape index (κ3) is 4.04. The van der Waals surface area contributed by atoms with Crippen LogP contribution in [0.3, 0.4) is 0 Å². The Bertz CT molecular complexity index is 458. The molecule has 0 saturated carbocycles. The summed E-state index contributed by atoms with van der Waals surface area (Å²) in [7, 11) is 0. The number of benzene rings is 1. The number of aryl methyl sites for hydroxylation is 1. The molecule has 0 aliphatic heterocycles. The lowest BCUT2D eigenvalue weighted by atomic mass is 10.2. The number of aliphatic carboxylic acids is 1. The van der Waals surface area contributed by atoms with Gasteiger partial charge in [0, 0.05) is 12.5 Å². The zero-order valence-corrected chi connectivity index (χ0v) is 10.3. The summed E-state index contributed by atoms with van der Waals surface area (Å²) in [5.74, 6) is -0.469. The molecular weight excluding hydrogens is 238 g/mol. The lowest BCUT2D eigenvalue weighted by Crippen LogP contribution is -2.14. The maximum atomic E-state index is 10.6. The molecule has 0 amide bonds. The van der Waals surface area contributed by atoms with E-state index in [1.165, 1.54) is 12.1 Å². The molecule has 1 rings (SSSR count). The highest BCUT2D eigenvalue weighted by atomic mass is 16.6. The fraction of sp³-hybridized carbons (Fsp3) is 0.417. The quantitative estimate of drug-likeness (QED) is 0.621. The number of rotatable bonds is 6. The highest BCUT2D eigenvalue weighted by molar-refractivity contribution is 5.66. The van der Waals surface area contributed by atoms with Crippen molar-refractivity contribution in [1.82, 2.24) is 0 Å². The van der Waals surface area contributed by atoms with Gasteiger partial charge in [-0.25, -0.2) is 0 Å². The maximum Gasteiger partial charge on any atom is 0.303 e. The molecule has 1 aromatic rings. The van der Waals surface area contributed by atoms with E-state index in [0.717, 1.165) is 5.56 Å². The number of carboxylic acids is 1. The highest BCUT2D eigenvalue weighted by Crippen LogP contribution is 2.25. The number of ether oxygens (including phenoxy) is 1. The van der Waals surface area contributed by atoms with Crippen LogP contribution in [-0.2, 0) is 4.79 Å². The summed E-state index contributed by atoms with van der Waals surface area (Å²) >= 11 is 0. The van der Waals surface area contributed by atoms with Gasteiger partial charge in [-0.1, -0.05) is 0 Å². The molecule has 1 aromatic carbocycles. The first-order valence-electron chi connectivity index (χ1n) is 5.53. The number of carbonyl (C=O) groups is 1. The number of non-ortho nitro benzene ring substituents is 1. The zero-order chi connectivity index (χ0) is 13.7. The van der Waals surface area contributed by atoms with Crippen molar-refractivity contribution in [1.29, 1.82) is 0 Å². The molecule has 0 radical (unpaired) electrons. The van der Waals surface area contributed by atoms with Crippen molar-refractivity contribution in [3.63, 3.8) is 0 Å². The predicted octanol–water partition coefficient (Wildman–Crippen LogP) is 2.54. The van der Waals surface area contributed by atoms with E-state index in [-0.39, 0.29) is 18.2 Å². The molecule has 1 atom stereocenters. The molecule has 6 nitrogen and oxygen atoms in total. The van der Waals surface area contributed by atoms with E-state index in [2.05, 4.69) is 0 Å². The summed E-state index contributed by atoms with van der Waals surface area (Å²) in [4.78, 5) is 20.6. The Balaban J connectivity index is 2.73. The molecule has 1 N–H and O–H groups in total. The van der Waals surface area contributed by atoms with E-state index in [1.807, 2.05) is 0 Å². The first-order chi connectivity index (χ1) is 8.40. The van der Waals surface area contributed by atoms with Crippen molar-refractivity contribution < 1.29 is 19.6 Å². The van der Waals surface area contributed by atoms with Crippen molar-refractivity contribution in [3.05, 3.63) is 33.9 Å². The van der Waals surface area contributed by atoms with Gasteiger partial charge in [-0.2, -0.15) is 0 Å². The van der Waals surface area contributed by atoms with Crippen molar-refractivity contribution in [2.45, 2.75) is 32.8 Å². The monoisotopic (exact) mass is 253 g/mol. The summed E-state index contributed by atoms with van der Waals surface area (Å²) in [6.07, 6.45) is 0.0638. The Morgan fingerprint density at radius 1 is 1.56 bits per heavy atom. The van der Waals surface area contributed by atoms with Gasteiger partial charge in [-0.05, 0) is 31.9 Å². The summed E-state index contributed by atoms with van der Waals surface area (Å²) in [5.41, 5.74) is 0.740. The Labute approximate surface area is 104 Å². The van der Waals surface area contributed by atoms with Gasteiger partial charge in [-0.15, -0.1) is 0 Å². The average Bonchev–Trinajstić information content (AvgIpc) is 2.29. The normalized spacial score (nSPS) is 11.9. The third-order valence-electron chi connectivity index (χ3n) is 2.48.